The minimum atomic E-state index is -0.470. The summed E-state index contributed by atoms with van der Waals surface area (Å²) in [7, 11) is 2.63. The number of carbonyl (C=O) groups is 2. The SMILES string of the molecule is CONC(=O)c1[nH]c(C)c(C(=O)OC)c1C. The summed E-state index contributed by atoms with van der Waals surface area (Å²) >= 11 is 0. The van der Waals surface area contributed by atoms with Gasteiger partial charge in [-0.2, -0.15) is 0 Å². The number of esters is 1. The van der Waals surface area contributed by atoms with Crippen LogP contribution in [0.25, 0.3) is 0 Å². The van der Waals surface area contributed by atoms with E-state index in [-0.39, 0.29) is 0 Å². The van der Waals surface area contributed by atoms with Crippen molar-refractivity contribution < 1.29 is 19.2 Å². The highest BCUT2D eigenvalue weighted by Gasteiger charge is 2.22. The molecular weight excluding hydrogens is 212 g/mol. The van der Waals surface area contributed by atoms with Gasteiger partial charge >= 0.3 is 5.97 Å². The largest absolute Gasteiger partial charge is 0.465 e. The highest BCUT2D eigenvalue weighted by Crippen LogP contribution is 2.18. The lowest BCUT2D eigenvalue weighted by atomic mass is 10.1. The summed E-state index contributed by atoms with van der Waals surface area (Å²) in [4.78, 5) is 30.3. The maximum absolute atomic E-state index is 11.5. The zero-order valence-corrected chi connectivity index (χ0v) is 9.63. The number of ether oxygens (including phenoxy) is 1. The molecule has 1 aromatic rings. The van der Waals surface area contributed by atoms with Crippen molar-refractivity contribution in [1.82, 2.24) is 10.5 Å². The van der Waals surface area contributed by atoms with Crippen LogP contribution in [0, 0.1) is 13.8 Å². The van der Waals surface area contributed by atoms with Crippen LogP contribution in [-0.4, -0.2) is 31.1 Å². The number of aryl methyl sites for hydroxylation is 1. The van der Waals surface area contributed by atoms with E-state index in [1.54, 1.807) is 13.8 Å². The number of carbonyl (C=O) groups excluding carboxylic acids is 2. The molecule has 1 heterocycles. The first-order valence-electron chi connectivity index (χ1n) is 4.63. The minimum Gasteiger partial charge on any atom is -0.465 e. The third-order valence-corrected chi connectivity index (χ3v) is 2.25. The summed E-state index contributed by atoms with van der Waals surface area (Å²) < 4.78 is 4.63. The molecule has 6 nitrogen and oxygen atoms in total. The molecule has 2 N–H and O–H groups in total. The average molecular weight is 226 g/mol. The van der Waals surface area contributed by atoms with Gasteiger partial charge in [0, 0.05) is 5.69 Å². The van der Waals surface area contributed by atoms with Gasteiger partial charge in [-0.05, 0) is 19.4 Å². The number of nitrogens with one attached hydrogen (secondary N) is 2. The molecule has 6 heteroatoms. The first kappa shape index (κ1) is 12.3. The topological polar surface area (TPSA) is 80.4 Å². The van der Waals surface area contributed by atoms with Gasteiger partial charge in [-0.1, -0.05) is 0 Å². The second-order valence-corrected chi connectivity index (χ2v) is 3.25. The second-order valence-electron chi connectivity index (χ2n) is 3.25. The number of amides is 1. The van der Waals surface area contributed by atoms with Gasteiger partial charge < -0.3 is 9.72 Å². The lowest BCUT2D eigenvalue weighted by Gasteiger charge is -2.01. The molecule has 0 atom stereocenters. The maximum Gasteiger partial charge on any atom is 0.339 e. The minimum absolute atomic E-state index is 0.291. The number of aromatic nitrogens is 1. The zero-order valence-electron chi connectivity index (χ0n) is 9.63. The average Bonchev–Trinajstić information content (AvgIpc) is 2.54. The van der Waals surface area contributed by atoms with Crippen LogP contribution in [0.5, 0.6) is 0 Å². The molecule has 0 saturated heterocycles. The van der Waals surface area contributed by atoms with Crippen LogP contribution in [0.3, 0.4) is 0 Å². The second kappa shape index (κ2) is 4.80. The van der Waals surface area contributed by atoms with E-state index in [1.165, 1.54) is 14.2 Å². The first-order valence-corrected chi connectivity index (χ1v) is 4.63. The van der Waals surface area contributed by atoms with Gasteiger partial charge in [0.1, 0.15) is 5.69 Å². The summed E-state index contributed by atoms with van der Waals surface area (Å²) in [5.41, 5.74) is 3.98. The third-order valence-electron chi connectivity index (χ3n) is 2.25. The van der Waals surface area contributed by atoms with E-state index in [0.29, 0.717) is 22.5 Å². The van der Waals surface area contributed by atoms with Crippen LogP contribution in [0.2, 0.25) is 0 Å². The van der Waals surface area contributed by atoms with Crippen molar-refractivity contribution in [2.45, 2.75) is 13.8 Å². The molecule has 0 spiro atoms. The summed E-state index contributed by atoms with van der Waals surface area (Å²) in [5.74, 6) is -0.902. The predicted octanol–water partition coefficient (Wildman–Crippen LogP) is 0.709. The number of hydrogen-bond acceptors (Lipinski definition) is 4. The van der Waals surface area contributed by atoms with Crippen molar-refractivity contribution in [1.29, 1.82) is 0 Å². The standard InChI is InChI=1S/C10H14N2O4/c1-5-7(10(14)15-3)6(2)11-8(5)9(13)12-16-4/h11H,1-4H3,(H,12,13). The number of hydroxylamine groups is 1. The number of hydrogen-bond donors (Lipinski definition) is 2. The molecule has 0 fully saturated rings. The molecule has 0 bridgehead atoms. The fourth-order valence-electron chi connectivity index (χ4n) is 1.53. The monoisotopic (exact) mass is 226 g/mol. The molecule has 1 amide bonds. The van der Waals surface area contributed by atoms with Crippen LogP contribution in [-0.2, 0) is 9.57 Å². The van der Waals surface area contributed by atoms with E-state index >= 15 is 0 Å². The van der Waals surface area contributed by atoms with E-state index in [4.69, 9.17) is 0 Å². The Balaban J connectivity index is 3.16. The summed E-state index contributed by atoms with van der Waals surface area (Å²) in [6.07, 6.45) is 0. The summed E-state index contributed by atoms with van der Waals surface area (Å²) in [5, 5.41) is 0. The lowest BCUT2D eigenvalue weighted by Crippen LogP contribution is -2.23. The third kappa shape index (κ3) is 2.06. The van der Waals surface area contributed by atoms with Crippen LogP contribution < -0.4 is 5.48 Å². The summed E-state index contributed by atoms with van der Waals surface area (Å²) in [6.45, 7) is 3.36. The van der Waals surface area contributed by atoms with Gasteiger partial charge in [0.2, 0.25) is 0 Å². The first-order chi connectivity index (χ1) is 7.52. The molecule has 0 aromatic carbocycles. The lowest BCUT2D eigenvalue weighted by molar-refractivity contribution is 0.0532. The van der Waals surface area contributed by atoms with Crippen molar-refractivity contribution in [2.24, 2.45) is 0 Å². The summed E-state index contributed by atoms with van der Waals surface area (Å²) in [6, 6.07) is 0. The molecule has 16 heavy (non-hydrogen) atoms. The molecule has 0 unspecified atom stereocenters. The number of methoxy groups -OCH3 is 1. The van der Waals surface area contributed by atoms with E-state index in [1.807, 2.05) is 0 Å². The molecule has 0 aliphatic rings. The molecule has 0 radical (unpaired) electrons. The smallest absolute Gasteiger partial charge is 0.339 e. The van der Waals surface area contributed by atoms with Crippen molar-refractivity contribution >= 4 is 11.9 Å². The Labute approximate surface area is 92.9 Å². The van der Waals surface area contributed by atoms with E-state index in [0.717, 1.165) is 0 Å². The Kier molecular flexibility index (Phi) is 3.68. The van der Waals surface area contributed by atoms with Crippen molar-refractivity contribution in [3.63, 3.8) is 0 Å². The molecule has 1 rings (SSSR count). The van der Waals surface area contributed by atoms with Crippen molar-refractivity contribution in [2.75, 3.05) is 14.2 Å². The quantitative estimate of drug-likeness (QED) is 0.587. The number of rotatable bonds is 3. The van der Waals surface area contributed by atoms with Gasteiger partial charge in [0.15, 0.2) is 0 Å². The molecule has 88 valence electrons. The molecule has 0 aliphatic carbocycles. The van der Waals surface area contributed by atoms with E-state index < -0.39 is 11.9 Å². The van der Waals surface area contributed by atoms with Crippen LogP contribution in [0.1, 0.15) is 32.1 Å². The Morgan fingerprint density at radius 1 is 1.25 bits per heavy atom. The van der Waals surface area contributed by atoms with Gasteiger partial charge in [0.25, 0.3) is 5.91 Å². The van der Waals surface area contributed by atoms with Gasteiger partial charge in [-0.15, -0.1) is 0 Å². The van der Waals surface area contributed by atoms with Gasteiger partial charge in [0.05, 0.1) is 19.8 Å². The molecular formula is C10H14N2O4. The highest BCUT2D eigenvalue weighted by molar-refractivity contribution is 6.00. The fourth-order valence-corrected chi connectivity index (χ4v) is 1.53. The Bertz CT molecular complexity index is 423. The molecule has 0 saturated carbocycles. The Morgan fingerprint density at radius 3 is 2.38 bits per heavy atom. The predicted molar refractivity (Wildman–Crippen MR) is 56.1 cm³/mol. The van der Waals surface area contributed by atoms with Gasteiger partial charge in [-0.3, -0.25) is 9.63 Å². The molecule has 0 aliphatic heterocycles. The normalized spacial score (nSPS) is 10.0. The van der Waals surface area contributed by atoms with E-state index in [2.05, 4.69) is 20.0 Å². The highest BCUT2D eigenvalue weighted by atomic mass is 16.6. The Morgan fingerprint density at radius 2 is 1.88 bits per heavy atom. The van der Waals surface area contributed by atoms with Crippen molar-refractivity contribution in [3.8, 4) is 0 Å². The zero-order chi connectivity index (χ0) is 12.3. The maximum atomic E-state index is 11.5. The van der Waals surface area contributed by atoms with Crippen LogP contribution in [0.4, 0.5) is 0 Å². The number of H-pyrrole nitrogens is 1. The number of aromatic amines is 1. The fraction of sp³-hybridized carbons (Fsp3) is 0.400. The van der Waals surface area contributed by atoms with Crippen LogP contribution >= 0.6 is 0 Å². The van der Waals surface area contributed by atoms with Crippen molar-refractivity contribution in [3.05, 3.63) is 22.5 Å². The van der Waals surface area contributed by atoms with Crippen LogP contribution in [0.15, 0.2) is 0 Å². The Hall–Kier alpha value is -1.82. The molecule has 1 aromatic heterocycles. The van der Waals surface area contributed by atoms with E-state index in [9.17, 15) is 9.59 Å². The van der Waals surface area contributed by atoms with Gasteiger partial charge in [-0.25, -0.2) is 10.3 Å².